The summed E-state index contributed by atoms with van der Waals surface area (Å²) in [5, 5.41) is 5.76. The van der Waals surface area contributed by atoms with Crippen LogP contribution in [0.5, 0.6) is 0 Å². The van der Waals surface area contributed by atoms with Gasteiger partial charge in [0.25, 0.3) is 0 Å². The minimum Gasteiger partial charge on any atom is -0.354 e. The third kappa shape index (κ3) is 5.71. The maximum absolute atomic E-state index is 12.5. The standard InChI is InChI=1S/C21H31N5O2/c1-17(20(27)23-12-10-18-7-3-2-4-8-18)24-21(28)26-15-13-25(14-16-26)19-9-5-6-11-22-19/h5-7,9,11,17H,2-4,8,10,12-16H2,1H3,(H,23,27)(H,24,28)/t17-/m1/s1. The van der Waals surface area contributed by atoms with E-state index in [1.54, 1.807) is 18.0 Å². The van der Waals surface area contributed by atoms with Gasteiger partial charge in [-0.2, -0.15) is 0 Å². The van der Waals surface area contributed by atoms with Gasteiger partial charge >= 0.3 is 6.03 Å². The van der Waals surface area contributed by atoms with E-state index in [2.05, 4.69) is 26.6 Å². The molecule has 3 rings (SSSR count). The second-order valence-electron chi connectivity index (χ2n) is 7.48. The van der Waals surface area contributed by atoms with Crippen LogP contribution >= 0.6 is 0 Å². The minimum absolute atomic E-state index is 0.128. The van der Waals surface area contributed by atoms with Gasteiger partial charge in [-0.05, 0) is 51.2 Å². The molecule has 1 atom stereocenters. The first-order valence-electron chi connectivity index (χ1n) is 10.3. The molecule has 0 spiro atoms. The van der Waals surface area contributed by atoms with E-state index in [1.165, 1.54) is 18.4 Å². The van der Waals surface area contributed by atoms with Crippen LogP contribution in [0.1, 0.15) is 39.0 Å². The van der Waals surface area contributed by atoms with Crippen molar-refractivity contribution in [3.05, 3.63) is 36.0 Å². The van der Waals surface area contributed by atoms with Gasteiger partial charge in [0.05, 0.1) is 0 Å². The maximum atomic E-state index is 12.5. The smallest absolute Gasteiger partial charge is 0.318 e. The number of amides is 3. The number of rotatable bonds is 6. The van der Waals surface area contributed by atoms with E-state index >= 15 is 0 Å². The molecule has 1 aromatic heterocycles. The number of nitrogens with one attached hydrogen (secondary N) is 2. The van der Waals surface area contributed by atoms with Crippen molar-refractivity contribution in [2.75, 3.05) is 37.6 Å². The fraction of sp³-hybridized carbons (Fsp3) is 0.571. The van der Waals surface area contributed by atoms with Gasteiger partial charge in [-0.15, -0.1) is 0 Å². The van der Waals surface area contributed by atoms with Crippen molar-refractivity contribution in [1.82, 2.24) is 20.5 Å². The fourth-order valence-corrected chi connectivity index (χ4v) is 3.65. The van der Waals surface area contributed by atoms with Crippen LogP contribution in [-0.4, -0.2) is 60.6 Å². The zero-order chi connectivity index (χ0) is 19.8. The molecule has 0 saturated carbocycles. The van der Waals surface area contributed by atoms with Crippen molar-refractivity contribution in [3.63, 3.8) is 0 Å². The number of pyridine rings is 1. The highest BCUT2D eigenvalue weighted by Crippen LogP contribution is 2.19. The first-order valence-corrected chi connectivity index (χ1v) is 10.3. The number of carbonyl (C=O) groups excluding carboxylic acids is 2. The zero-order valence-corrected chi connectivity index (χ0v) is 16.7. The number of hydrogen-bond acceptors (Lipinski definition) is 4. The van der Waals surface area contributed by atoms with E-state index < -0.39 is 6.04 Å². The third-order valence-electron chi connectivity index (χ3n) is 5.40. The van der Waals surface area contributed by atoms with Crippen molar-refractivity contribution in [1.29, 1.82) is 0 Å². The Hall–Kier alpha value is -2.57. The third-order valence-corrected chi connectivity index (χ3v) is 5.40. The minimum atomic E-state index is -0.540. The van der Waals surface area contributed by atoms with E-state index in [-0.39, 0.29) is 11.9 Å². The molecular weight excluding hydrogens is 354 g/mol. The van der Waals surface area contributed by atoms with Crippen LogP contribution in [0, 0.1) is 0 Å². The number of anilines is 1. The summed E-state index contributed by atoms with van der Waals surface area (Å²) in [5.41, 5.74) is 1.44. The number of nitrogens with zero attached hydrogens (tertiary/aromatic N) is 3. The summed E-state index contributed by atoms with van der Waals surface area (Å²) in [5.74, 6) is 0.806. The lowest BCUT2D eigenvalue weighted by Crippen LogP contribution is -2.55. The maximum Gasteiger partial charge on any atom is 0.318 e. The zero-order valence-electron chi connectivity index (χ0n) is 16.7. The molecule has 152 valence electrons. The molecule has 2 N–H and O–H groups in total. The van der Waals surface area contributed by atoms with Crippen LogP contribution in [0.15, 0.2) is 36.0 Å². The summed E-state index contributed by atoms with van der Waals surface area (Å²) in [6, 6.07) is 5.11. The lowest BCUT2D eigenvalue weighted by Gasteiger charge is -2.35. The Bertz CT molecular complexity index is 683. The molecule has 1 aliphatic heterocycles. The number of aromatic nitrogens is 1. The monoisotopic (exact) mass is 385 g/mol. The largest absolute Gasteiger partial charge is 0.354 e. The summed E-state index contributed by atoms with van der Waals surface area (Å²) in [7, 11) is 0. The second-order valence-corrected chi connectivity index (χ2v) is 7.48. The number of piperazine rings is 1. The molecular formula is C21H31N5O2. The van der Waals surface area contributed by atoms with Crippen LogP contribution < -0.4 is 15.5 Å². The van der Waals surface area contributed by atoms with Crippen molar-refractivity contribution in [2.24, 2.45) is 0 Å². The Labute approximate surface area is 167 Å². The molecule has 1 saturated heterocycles. The SMILES string of the molecule is C[C@@H](NC(=O)N1CCN(c2ccccn2)CC1)C(=O)NCCC1=CCCCC1. The Balaban J connectivity index is 1.36. The van der Waals surface area contributed by atoms with Gasteiger partial charge in [0.2, 0.25) is 5.91 Å². The van der Waals surface area contributed by atoms with E-state index in [4.69, 9.17) is 0 Å². The number of hydrogen-bond donors (Lipinski definition) is 2. The van der Waals surface area contributed by atoms with Crippen LogP contribution in [0.25, 0.3) is 0 Å². The van der Waals surface area contributed by atoms with Gasteiger partial charge in [0.1, 0.15) is 11.9 Å². The van der Waals surface area contributed by atoms with Gasteiger partial charge in [0.15, 0.2) is 0 Å². The summed E-state index contributed by atoms with van der Waals surface area (Å²) in [6.07, 6.45) is 9.80. The van der Waals surface area contributed by atoms with Crippen molar-refractivity contribution in [3.8, 4) is 0 Å². The molecule has 0 aromatic carbocycles. The lowest BCUT2D eigenvalue weighted by atomic mass is 9.97. The number of allylic oxidation sites excluding steroid dienone is 1. The second kappa shape index (κ2) is 10.1. The van der Waals surface area contributed by atoms with Crippen LogP contribution in [0.2, 0.25) is 0 Å². The normalized spacial score (nSPS) is 18.2. The van der Waals surface area contributed by atoms with Crippen molar-refractivity contribution < 1.29 is 9.59 Å². The summed E-state index contributed by atoms with van der Waals surface area (Å²) in [6.45, 7) is 5.07. The Morgan fingerprint density at radius 1 is 1.18 bits per heavy atom. The molecule has 1 aromatic rings. The highest BCUT2D eigenvalue weighted by atomic mass is 16.2. The quantitative estimate of drug-likeness (QED) is 0.737. The van der Waals surface area contributed by atoms with Crippen molar-refractivity contribution >= 4 is 17.8 Å². The van der Waals surface area contributed by atoms with Gasteiger partial charge in [-0.25, -0.2) is 9.78 Å². The molecule has 1 fully saturated rings. The Morgan fingerprint density at radius 2 is 2.00 bits per heavy atom. The molecule has 1 aliphatic carbocycles. The van der Waals surface area contributed by atoms with Gasteiger partial charge in [-0.3, -0.25) is 4.79 Å². The molecule has 3 amide bonds. The highest BCUT2D eigenvalue weighted by Gasteiger charge is 2.24. The lowest BCUT2D eigenvalue weighted by molar-refractivity contribution is -0.122. The summed E-state index contributed by atoms with van der Waals surface area (Å²) < 4.78 is 0. The van der Waals surface area contributed by atoms with Crippen LogP contribution in [-0.2, 0) is 4.79 Å². The highest BCUT2D eigenvalue weighted by molar-refractivity contribution is 5.86. The van der Waals surface area contributed by atoms with E-state index in [0.29, 0.717) is 19.6 Å². The van der Waals surface area contributed by atoms with Gasteiger partial charge < -0.3 is 20.4 Å². The Kier molecular flexibility index (Phi) is 7.28. The van der Waals surface area contributed by atoms with Crippen LogP contribution in [0.4, 0.5) is 10.6 Å². The molecule has 7 heteroatoms. The predicted octanol–water partition coefficient (Wildman–Crippen LogP) is 2.31. The van der Waals surface area contributed by atoms with Gasteiger partial charge in [0, 0.05) is 38.9 Å². The molecule has 0 bridgehead atoms. The predicted molar refractivity (Wildman–Crippen MR) is 110 cm³/mol. The fourth-order valence-electron chi connectivity index (χ4n) is 3.65. The first-order chi connectivity index (χ1) is 13.6. The average Bonchev–Trinajstić information content (AvgIpc) is 2.75. The van der Waals surface area contributed by atoms with E-state index in [0.717, 1.165) is 38.2 Å². The topological polar surface area (TPSA) is 77.6 Å². The first kappa shape index (κ1) is 20.2. The number of carbonyl (C=O) groups is 2. The molecule has 0 unspecified atom stereocenters. The molecule has 2 heterocycles. The molecule has 7 nitrogen and oxygen atoms in total. The molecule has 28 heavy (non-hydrogen) atoms. The number of urea groups is 1. The van der Waals surface area contributed by atoms with Crippen molar-refractivity contribution in [2.45, 2.75) is 45.1 Å². The molecule has 0 radical (unpaired) electrons. The molecule has 2 aliphatic rings. The summed E-state index contributed by atoms with van der Waals surface area (Å²) >= 11 is 0. The van der Waals surface area contributed by atoms with E-state index in [9.17, 15) is 9.59 Å². The van der Waals surface area contributed by atoms with Gasteiger partial charge in [-0.1, -0.05) is 17.7 Å². The average molecular weight is 386 g/mol. The summed E-state index contributed by atoms with van der Waals surface area (Å²) in [4.78, 5) is 33.0. The Morgan fingerprint density at radius 3 is 2.68 bits per heavy atom. The van der Waals surface area contributed by atoms with E-state index in [1.807, 2.05) is 18.2 Å². The van der Waals surface area contributed by atoms with Crippen LogP contribution in [0.3, 0.4) is 0 Å².